The second kappa shape index (κ2) is 8.24. The number of hydrogen-bond donors (Lipinski definition) is 0. The van der Waals surface area contributed by atoms with E-state index in [1.54, 1.807) is 25.3 Å². The Balaban J connectivity index is 1.44. The fourth-order valence-corrected chi connectivity index (χ4v) is 9.28. The van der Waals surface area contributed by atoms with Gasteiger partial charge in [-0.05, 0) is 49.6 Å². The average Bonchev–Trinajstić information content (AvgIpc) is 3.37. The smallest absolute Gasteiger partial charge is 0.338 e. The van der Waals surface area contributed by atoms with Gasteiger partial charge >= 0.3 is 11.9 Å². The fraction of sp³-hybridized carbons (Fsp3) is 0.484. The van der Waals surface area contributed by atoms with E-state index in [-0.39, 0.29) is 30.0 Å². The zero-order chi connectivity index (χ0) is 27.3. The van der Waals surface area contributed by atoms with Crippen molar-refractivity contribution >= 4 is 17.6 Å². The lowest BCUT2D eigenvalue weighted by Crippen LogP contribution is -2.71. The van der Waals surface area contributed by atoms with Gasteiger partial charge in [-0.25, -0.2) is 4.79 Å². The summed E-state index contributed by atoms with van der Waals surface area (Å²) in [5, 5.41) is 0. The van der Waals surface area contributed by atoms with Crippen LogP contribution < -0.4 is 14.4 Å². The Kier molecular flexibility index (Phi) is 5.18. The van der Waals surface area contributed by atoms with Crippen LogP contribution in [0.15, 0.2) is 54.1 Å². The molecule has 204 valence electrons. The number of likely N-dealkylation sites (N-methyl/N-ethyl adjacent to an activating group) is 1. The Hall–Kier alpha value is -3.52. The molecule has 0 amide bonds. The van der Waals surface area contributed by atoms with E-state index in [0.717, 1.165) is 30.6 Å². The normalized spacial score (nSPS) is 37.5. The molecule has 6 bridgehead atoms. The van der Waals surface area contributed by atoms with Crippen molar-refractivity contribution in [3.8, 4) is 11.5 Å². The Labute approximate surface area is 228 Å². The first-order valence-corrected chi connectivity index (χ1v) is 13.6. The quantitative estimate of drug-likeness (QED) is 0.429. The summed E-state index contributed by atoms with van der Waals surface area (Å²) >= 11 is 0. The van der Waals surface area contributed by atoms with E-state index in [1.165, 1.54) is 19.8 Å². The van der Waals surface area contributed by atoms with Gasteiger partial charge in [-0.2, -0.15) is 0 Å². The zero-order valence-electron chi connectivity index (χ0n) is 23.0. The third-order valence-corrected chi connectivity index (χ3v) is 10.5. The molecule has 2 aromatic carbocycles. The number of nitrogens with zero attached hydrogens (tertiary/aromatic N) is 2. The van der Waals surface area contributed by atoms with Crippen LogP contribution in [0.5, 0.6) is 11.5 Å². The van der Waals surface area contributed by atoms with Gasteiger partial charge in [0.25, 0.3) is 0 Å². The number of fused-ring (bicyclic) bond motifs is 2. The van der Waals surface area contributed by atoms with E-state index in [9.17, 15) is 9.59 Å². The highest BCUT2D eigenvalue weighted by Gasteiger charge is 2.84. The number of piperidine rings is 4. The predicted octanol–water partition coefficient (Wildman–Crippen LogP) is 3.58. The molecule has 2 aromatic rings. The summed E-state index contributed by atoms with van der Waals surface area (Å²) in [6, 6.07) is 13.7. The van der Waals surface area contributed by atoms with Crippen molar-refractivity contribution in [2.45, 2.75) is 49.4 Å². The number of allylic oxidation sites excluding steroid dienone is 1. The molecule has 8 rings (SSSR count). The molecule has 0 aromatic heterocycles. The summed E-state index contributed by atoms with van der Waals surface area (Å²) in [5.41, 5.74) is 2.36. The van der Waals surface area contributed by atoms with Crippen LogP contribution in [0.25, 0.3) is 0 Å². The molecule has 1 spiro atoms. The van der Waals surface area contributed by atoms with Crippen LogP contribution in [0.2, 0.25) is 0 Å². The number of ether oxygens (including phenoxy) is 4. The van der Waals surface area contributed by atoms with Crippen molar-refractivity contribution in [2.24, 2.45) is 11.3 Å². The Morgan fingerprint density at radius 2 is 1.82 bits per heavy atom. The van der Waals surface area contributed by atoms with E-state index in [2.05, 4.69) is 47.2 Å². The van der Waals surface area contributed by atoms with Crippen LogP contribution >= 0.6 is 0 Å². The Morgan fingerprint density at radius 1 is 1.05 bits per heavy atom. The second-order valence-corrected chi connectivity index (χ2v) is 11.5. The number of hydrogen-bond acceptors (Lipinski definition) is 8. The number of anilines is 1. The first kappa shape index (κ1) is 24.5. The summed E-state index contributed by atoms with van der Waals surface area (Å²) in [4.78, 5) is 33.1. The van der Waals surface area contributed by atoms with Gasteiger partial charge in [-0.15, -0.1) is 0 Å². The first-order chi connectivity index (χ1) is 18.9. The lowest BCUT2D eigenvalue weighted by atomic mass is 9.58. The molecule has 5 heterocycles. The summed E-state index contributed by atoms with van der Waals surface area (Å²) in [7, 11) is 6.70. The molecule has 4 saturated heterocycles. The van der Waals surface area contributed by atoms with Gasteiger partial charge in [0, 0.05) is 37.3 Å². The molecule has 0 N–H and O–H groups in total. The molecule has 1 unspecified atom stereocenters. The van der Waals surface area contributed by atoms with Crippen LogP contribution in [0.1, 0.15) is 35.7 Å². The van der Waals surface area contributed by atoms with Crippen LogP contribution in [-0.2, 0) is 19.7 Å². The topological polar surface area (TPSA) is 77.5 Å². The number of carbonyl (C=O) groups is 2. The molecule has 1 aliphatic carbocycles. The minimum Gasteiger partial charge on any atom is -0.493 e. The maximum atomic E-state index is 14.2. The highest BCUT2D eigenvalue weighted by Crippen LogP contribution is 2.73. The van der Waals surface area contributed by atoms with Crippen molar-refractivity contribution in [3.05, 3.63) is 65.2 Å². The van der Waals surface area contributed by atoms with E-state index < -0.39 is 22.9 Å². The number of carbonyl (C=O) groups excluding carboxylic acids is 2. The van der Waals surface area contributed by atoms with Crippen molar-refractivity contribution in [1.82, 2.24) is 4.90 Å². The van der Waals surface area contributed by atoms with Gasteiger partial charge in [-0.1, -0.05) is 29.8 Å². The molecular weight excluding hydrogens is 496 g/mol. The van der Waals surface area contributed by atoms with Crippen LogP contribution in [0.3, 0.4) is 0 Å². The van der Waals surface area contributed by atoms with Gasteiger partial charge in [0.15, 0.2) is 11.5 Å². The second-order valence-electron chi connectivity index (χ2n) is 11.5. The van der Waals surface area contributed by atoms with Crippen molar-refractivity contribution in [3.63, 3.8) is 0 Å². The van der Waals surface area contributed by atoms with Gasteiger partial charge in [0.1, 0.15) is 11.5 Å². The van der Waals surface area contributed by atoms with E-state index in [1.807, 2.05) is 6.92 Å². The van der Waals surface area contributed by atoms with Gasteiger partial charge < -0.3 is 23.8 Å². The van der Waals surface area contributed by atoms with Crippen molar-refractivity contribution in [2.75, 3.05) is 39.8 Å². The molecule has 8 atom stereocenters. The van der Waals surface area contributed by atoms with Crippen LogP contribution in [0, 0.1) is 11.3 Å². The molecule has 39 heavy (non-hydrogen) atoms. The molecule has 6 aliphatic rings. The fourth-order valence-electron chi connectivity index (χ4n) is 9.28. The van der Waals surface area contributed by atoms with Gasteiger partial charge in [-0.3, -0.25) is 9.69 Å². The standard InChI is InChI=1S/C31H34N2O6/c1-6-17-16-33-22-14-20(17)31(29(35)38-5)25(33)15-30(19-9-7-8-10-21(19)32(2)26(22)30)28(31)39-27(34)18-11-12-23(36-3)24(13-18)37-4/h6-13,20,22,25-26,28H,14-16H2,1-5H3/t20-,22-,25-,26+,28-,30+,31+/m0/s1. The van der Waals surface area contributed by atoms with Crippen LogP contribution in [0.4, 0.5) is 5.69 Å². The maximum Gasteiger partial charge on any atom is 0.338 e. The maximum absolute atomic E-state index is 14.2. The van der Waals surface area contributed by atoms with E-state index in [4.69, 9.17) is 18.9 Å². The lowest BCUT2D eigenvalue weighted by molar-refractivity contribution is -0.180. The Bertz CT molecular complexity index is 1420. The molecule has 8 nitrogen and oxygen atoms in total. The minimum absolute atomic E-state index is 0.0521. The molecule has 1 saturated carbocycles. The van der Waals surface area contributed by atoms with E-state index in [0.29, 0.717) is 17.1 Å². The third kappa shape index (κ3) is 2.73. The number of methoxy groups -OCH3 is 3. The number of benzene rings is 2. The molecule has 5 aliphatic heterocycles. The number of rotatable bonds is 5. The monoisotopic (exact) mass is 530 g/mol. The molecule has 0 radical (unpaired) electrons. The Morgan fingerprint density at radius 3 is 2.54 bits per heavy atom. The van der Waals surface area contributed by atoms with Crippen LogP contribution in [-0.4, -0.2) is 76.0 Å². The summed E-state index contributed by atoms with van der Waals surface area (Å²) < 4.78 is 23.1. The minimum atomic E-state index is -0.995. The third-order valence-electron chi connectivity index (χ3n) is 10.5. The largest absolute Gasteiger partial charge is 0.493 e. The van der Waals surface area contributed by atoms with E-state index >= 15 is 0 Å². The number of esters is 2. The molecule has 8 heteroatoms. The highest BCUT2D eigenvalue weighted by molar-refractivity contribution is 5.92. The van der Waals surface area contributed by atoms with Crippen molar-refractivity contribution in [1.29, 1.82) is 0 Å². The molecule has 5 fully saturated rings. The first-order valence-electron chi connectivity index (χ1n) is 13.6. The van der Waals surface area contributed by atoms with Gasteiger partial charge in [0.2, 0.25) is 0 Å². The highest BCUT2D eigenvalue weighted by atomic mass is 16.6. The van der Waals surface area contributed by atoms with Crippen molar-refractivity contribution < 1.29 is 28.5 Å². The number of para-hydroxylation sites is 1. The van der Waals surface area contributed by atoms with Gasteiger partial charge in [0.05, 0.1) is 38.3 Å². The summed E-state index contributed by atoms with van der Waals surface area (Å²) in [6.07, 6.45) is 3.02. The molecular formula is C31H34N2O6. The average molecular weight is 531 g/mol. The predicted molar refractivity (Wildman–Crippen MR) is 144 cm³/mol. The summed E-state index contributed by atoms with van der Waals surface area (Å²) in [6.45, 7) is 2.88. The SMILES string of the molecule is CC=C1CN2[C@H]3C[C@@]45c6ccccc6N(C)[C@@H]4[C@@H]2C[C@@H]1[C@]3(C(=O)OC)[C@H]5OC(=O)c1ccc(OC)c(OC)c1. The summed E-state index contributed by atoms with van der Waals surface area (Å²) in [5.74, 6) is 0.166. The zero-order valence-corrected chi connectivity index (χ0v) is 23.0. The lowest BCUT2D eigenvalue weighted by Gasteiger charge is -2.61.